The highest BCUT2D eigenvalue weighted by Crippen LogP contribution is 2.37. The van der Waals surface area contributed by atoms with Crippen molar-refractivity contribution in [1.82, 2.24) is 9.13 Å². The van der Waals surface area contributed by atoms with Crippen LogP contribution in [0.2, 0.25) is 0 Å². The van der Waals surface area contributed by atoms with Crippen LogP contribution < -0.4 is 24.9 Å². The number of carbonyl (C=O) groups is 2. The maximum Gasteiger partial charge on any atom is 0.338 e. The van der Waals surface area contributed by atoms with Crippen molar-refractivity contribution in [2.45, 2.75) is 39.5 Å². The lowest BCUT2D eigenvalue weighted by molar-refractivity contribution is -0.143. The fourth-order valence-corrected chi connectivity index (χ4v) is 7.04. The van der Waals surface area contributed by atoms with Crippen LogP contribution in [0.15, 0.2) is 98.5 Å². The molecule has 240 valence electrons. The summed E-state index contributed by atoms with van der Waals surface area (Å²) in [6.07, 6.45) is 3.22. The topological polar surface area (TPSA) is 104 Å². The number of amides is 1. The summed E-state index contributed by atoms with van der Waals surface area (Å²) in [5.41, 5.74) is 2.96. The van der Waals surface area contributed by atoms with E-state index in [2.05, 4.69) is 21.2 Å². The highest BCUT2D eigenvalue weighted by Gasteiger charge is 2.35. The lowest BCUT2D eigenvalue weighted by Gasteiger charge is -2.26. The molecule has 12 heteroatoms. The van der Waals surface area contributed by atoms with Gasteiger partial charge in [-0.25, -0.2) is 14.2 Å². The maximum absolute atomic E-state index is 14.3. The number of hydrogen-bond acceptors (Lipinski definition) is 7. The van der Waals surface area contributed by atoms with E-state index in [1.807, 2.05) is 42.6 Å². The highest BCUT2D eigenvalue weighted by molar-refractivity contribution is 9.10. The lowest BCUT2D eigenvalue weighted by Crippen LogP contribution is -2.40. The van der Waals surface area contributed by atoms with Gasteiger partial charge in [-0.3, -0.25) is 14.2 Å². The number of thiazole rings is 1. The third-order valence-corrected chi connectivity index (χ3v) is 9.09. The van der Waals surface area contributed by atoms with E-state index in [4.69, 9.17) is 14.5 Å². The standard InChI is InChI=1S/C35H30BrFN4O5S/c1-19(2)46-34(44)31-20(3)38-35-41(32(31)26-16-22(36)9-14-28(26)45-4)33(43)29(47-35)15-21-17-40(27-8-6-5-7-25(21)27)18-30(42)39-24-12-10-23(37)11-13-24/h5-17,19,32H,18H2,1-4H3,(H,39,42)/b29-15-/t32-/m1/s1. The average molecular weight is 718 g/mol. The number of anilines is 1. The first kappa shape index (κ1) is 32.1. The molecule has 1 aliphatic heterocycles. The van der Waals surface area contributed by atoms with Gasteiger partial charge in [-0.15, -0.1) is 0 Å². The molecule has 6 rings (SSSR count). The molecule has 9 nitrogen and oxygen atoms in total. The van der Waals surface area contributed by atoms with Gasteiger partial charge in [0, 0.05) is 38.4 Å². The normalized spacial score (nSPS) is 14.7. The van der Waals surface area contributed by atoms with Crippen molar-refractivity contribution >= 4 is 61.8 Å². The van der Waals surface area contributed by atoms with E-state index in [0.717, 1.165) is 20.9 Å². The van der Waals surface area contributed by atoms with Crippen molar-refractivity contribution in [3.63, 3.8) is 0 Å². The van der Waals surface area contributed by atoms with E-state index in [1.165, 1.54) is 47.3 Å². The number of benzene rings is 3. The van der Waals surface area contributed by atoms with Gasteiger partial charge >= 0.3 is 5.97 Å². The van der Waals surface area contributed by atoms with Crippen molar-refractivity contribution in [1.29, 1.82) is 0 Å². The molecule has 0 unspecified atom stereocenters. The first-order chi connectivity index (χ1) is 22.5. The van der Waals surface area contributed by atoms with Gasteiger partial charge in [0.15, 0.2) is 4.80 Å². The van der Waals surface area contributed by atoms with Gasteiger partial charge in [-0.05, 0) is 75.4 Å². The molecule has 0 fully saturated rings. The second-order valence-electron chi connectivity index (χ2n) is 11.2. The Morgan fingerprint density at radius 3 is 2.60 bits per heavy atom. The van der Waals surface area contributed by atoms with Crippen molar-refractivity contribution in [3.05, 3.63) is 125 Å². The van der Waals surface area contributed by atoms with E-state index >= 15 is 0 Å². The monoisotopic (exact) mass is 716 g/mol. The van der Waals surface area contributed by atoms with E-state index in [9.17, 15) is 18.8 Å². The fourth-order valence-electron chi connectivity index (χ4n) is 5.62. The number of halogens is 2. The van der Waals surface area contributed by atoms with Gasteiger partial charge in [-0.2, -0.15) is 0 Å². The molecule has 5 aromatic rings. The van der Waals surface area contributed by atoms with Crippen LogP contribution in [0.1, 0.15) is 37.9 Å². The number of fused-ring (bicyclic) bond motifs is 2. The number of allylic oxidation sites excluding steroid dienone is 1. The highest BCUT2D eigenvalue weighted by atomic mass is 79.9. The Bertz CT molecular complexity index is 2250. The minimum Gasteiger partial charge on any atom is -0.496 e. The number of rotatable bonds is 8. The van der Waals surface area contributed by atoms with Crippen molar-refractivity contribution in [2.75, 3.05) is 12.4 Å². The molecule has 0 saturated heterocycles. The number of esters is 1. The number of nitrogens with zero attached hydrogens (tertiary/aromatic N) is 3. The molecule has 1 aliphatic rings. The Balaban J connectivity index is 1.46. The summed E-state index contributed by atoms with van der Waals surface area (Å²) >= 11 is 4.74. The minimum atomic E-state index is -0.858. The van der Waals surface area contributed by atoms with Crippen LogP contribution in [0.4, 0.5) is 10.1 Å². The molecule has 3 heterocycles. The van der Waals surface area contributed by atoms with Crippen molar-refractivity contribution in [3.8, 4) is 5.75 Å². The molecule has 0 bridgehead atoms. The first-order valence-electron chi connectivity index (χ1n) is 14.7. The summed E-state index contributed by atoms with van der Waals surface area (Å²) in [6.45, 7) is 5.26. The molecule has 1 amide bonds. The summed E-state index contributed by atoms with van der Waals surface area (Å²) in [4.78, 5) is 45.9. The molecular formula is C35H30BrFN4O5S. The summed E-state index contributed by atoms with van der Waals surface area (Å²) < 4.78 is 29.1. The Kier molecular flexibility index (Phi) is 8.98. The zero-order valence-electron chi connectivity index (χ0n) is 25.9. The molecule has 1 N–H and O–H groups in total. The molecule has 0 aliphatic carbocycles. The van der Waals surface area contributed by atoms with E-state index < -0.39 is 17.8 Å². The zero-order chi connectivity index (χ0) is 33.4. The van der Waals surface area contributed by atoms with Gasteiger partial charge in [-0.1, -0.05) is 45.5 Å². The summed E-state index contributed by atoms with van der Waals surface area (Å²) in [5, 5.41) is 3.63. The fraction of sp³-hybridized carbons (Fsp3) is 0.200. The number of carbonyl (C=O) groups excluding carboxylic acids is 2. The van der Waals surface area contributed by atoms with E-state index in [0.29, 0.717) is 32.0 Å². The predicted octanol–water partition coefficient (Wildman–Crippen LogP) is 5.69. The number of aromatic nitrogens is 2. The molecule has 2 aromatic heterocycles. The van der Waals surface area contributed by atoms with Gasteiger partial charge < -0.3 is 19.4 Å². The molecule has 0 radical (unpaired) electrons. The quantitative estimate of drug-likeness (QED) is 0.208. The Morgan fingerprint density at radius 1 is 1.13 bits per heavy atom. The number of hydrogen-bond donors (Lipinski definition) is 1. The Morgan fingerprint density at radius 2 is 1.87 bits per heavy atom. The molecular weight excluding hydrogens is 687 g/mol. The van der Waals surface area contributed by atoms with Crippen molar-refractivity contribution in [2.24, 2.45) is 4.99 Å². The van der Waals surface area contributed by atoms with E-state index in [-0.39, 0.29) is 29.7 Å². The number of para-hydroxylation sites is 1. The third kappa shape index (κ3) is 6.43. The summed E-state index contributed by atoms with van der Waals surface area (Å²) in [7, 11) is 1.54. The van der Waals surface area contributed by atoms with Crippen LogP contribution in [0, 0.1) is 5.82 Å². The smallest absolute Gasteiger partial charge is 0.338 e. The number of nitrogens with one attached hydrogen (secondary N) is 1. The lowest BCUT2D eigenvalue weighted by atomic mass is 9.95. The van der Waals surface area contributed by atoms with E-state index in [1.54, 1.807) is 37.5 Å². The molecule has 0 saturated carbocycles. The number of ether oxygens (including phenoxy) is 2. The van der Waals surface area contributed by atoms with Crippen LogP contribution in [0.5, 0.6) is 5.75 Å². The minimum absolute atomic E-state index is 0.00379. The van der Waals surface area contributed by atoms with Crippen LogP contribution in [0.3, 0.4) is 0 Å². The van der Waals surface area contributed by atoms with Crippen LogP contribution in [-0.2, 0) is 20.9 Å². The van der Waals surface area contributed by atoms with Gasteiger partial charge in [0.1, 0.15) is 24.2 Å². The Hall–Kier alpha value is -4.81. The molecule has 1 atom stereocenters. The largest absolute Gasteiger partial charge is 0.496 e. The zero-order valence-corrected chi connectivity index (χ0v) is 28.3. The molecule has 47 heavy (non-hydrogen) atoms. The Labute approximate surface area is 281 Å². The maximum atomic E-state index is 14.3. The van der Waals surface area contributed by atoms with Crippen LogP contribution >= 0.6 is 27.3 Å². The number of methoxy groups -OCH3 is 1. The summed E-state index contributed by atoms with van der Waals surface area (Å²) in [5.74, 6) is -0.746. The molecule has 0 spiro atoms. The first-order valence-corrected chi connectivity index (χ1v) is 16.3. The predicted molar refractivity (Wildman–Crippen MR) is 183 cm³/mol. The van der Waals surface area contributed by atoms with Gasteiger partial charge in [0.05, 0.1) is 29.0 Å². The second kappa shape index (κ2) is 13.1. The second-order valence-corrected chi connectivity index (χ2v) is 13.1. The SMILES string of the molecule is COc1ccc(Br)cc1[C@@H]1C(C(=O)OC(C)C)=C(C)N=c2s/c(=C\c3cn(CC(=O)Nc4ccc(F)cc4)c4ccccc34)c(=O)n21. The van der Waals surface area contributed by atoms with Crippen molar-refractivity contribution < 1.29 is 23.5 Å². The van der Waals surface area contributed by atoms with Crippen LogP contribution in [0.25, 0.3) is 17.0 Å². The third-order valence-electron chi connectivity index (χ3n) is 7.62. The summed E-state index contributed by atoms with van der Waals surface area (Å²) in [6, 6.07) is 17.7. The molecule has 3 aromatic carbocycles. The van der Waals surface area contributed by atoms with Gasteiger partial charge in [0.2, 0.25) is 5.91 Å². The average Bonchev–Trinajstić information content (AvgIpc) is 3.53. The van der Waals surface area contributed by atoms with Gasteiger partial charge in [0.25, 0.3) is 5.56 Å². The van der Waals surface area contributed by atoms with Crippen LogP contribution in [-0.4, -0.2) is 34.2 Å².